The summed E-state index contributed by atoms with van der Waals surface area (Å²) in [6.07, 6.45) is 3.92. The molecule has 9 heteroatoms. The second kappa shape index (κ2) is 11.8. The number of allylic oxidation sites excluding steroid dienone is 4. The van der Waals surface area contributed by atoms with E-state index in [0.717, 1.165) is 10.6 Å². The van der Waals surface area contributed by atoms with Gasteiger partial charge < -0.3 is 15.7 Å². The molecule has 0 radical (unpaired) electrons. The van der Waals surface area contributed by atoms with E-state index in [0.29, 0.717) is 35.7 Å². The molecule has 0 aliphatic rings. The number of aromatic nitrogens is 1. The van der Waals surface area contributed by atoms with E-state index in [9.17, 15) is 18.3 Å². The summed E-state index contributed by atoms with van der Waals surface area (Å²) in [6, 6.07) is 3.64. The monoisotopic (exact) mass is 439 g/mol. The van der Waals surface area contributed by atoms with Crippen molar-refractivity contribution in [2.45, 2.75) is 33.7 Å². The van der Waals surface area contributed by atoms with E-state index in [-0.39, 0.29) is 23.8 Å². The molecule has 29 heavy (non-hydrogen) atoms. The third-order valence-electron chi connectivity index (χ3n) is 4.26. The van der Waals surface area contributed by atoms with Crippen LogP contribution in [0.5, 0.6) is 0 Å². The van der Waals surface area contributed by atoms with Crippen molar-refractivity contribution in [2.75, 3.05) is 23.8 Å². The van der Waals surface area contributed by atoms with Crippen molar-refractivity contribution in [3.05, 3.63) is 57.6 Å². The molecule has 1 amide bonds. The van der Waals surface area contributed by atoms with Crippen molar-refractivity contribution < 1.29 is 18.3 Å². The number of nitrogens with zero attached hydrogens (tertiary/aromatic N) is 2. The van der Waals surface area contributed by atoms with E-state index >= 15 is 0 Å². The molecule has 1 aromatic rings. The minimum absolute atomic E-state index is 0.0496. The Bertz CT molecular complexity index is 893. The summed E-state index contributed by atoms with van der Waals surface area (Å²) in [4.78, 5) is 18.4. The van der Waals surface area contributed by atoms with Gasteiger partial charge in [-0.3, -0.25) is 4.79 Å². The summed E-state index contributed by atoms with van der Waals surface area (Å²) >= 11 is 1.32. The number of anilines is 1. The Morgan fingerprint density at radius 3 is 2.62 bits per heavy atom. The van der Waals surface area contributed by atoms with E-state index in [2.05, 4.69) is 11.6 Å². The number of carbonyl (C=O) groups excluding carboxylic acids is 1. The highest BCUT2D eigenvalue weighted by atomic mass is 32.2. The lowest BCUT2D eigenvalue weighted by atomic mass is 10.2. The fraction of sp³-hybridized carbons (Fsp3) is 0.400. The molecule has 7 nitrogen and oxygen atoms in total. The van der Waals surface area contributed by atoms with Crippen molar-refractivity contribution in [3.63, 3.8) is 0 Å². The Morgan fingerprint density at radius 1 is 1.38 bits per heavy atom. The van der Waals surface area contributed by atoms with Crippen LogP contribution in [0.4, 0.5) is 5.82 Å². The van der Waals surface area contributed by atoms with E-state index in [1.807, 2.05) is 19.1 Å². The van der Waals surface area contributed by atoms with Gasteiger partial charge in [-0.2, -0.15) is 0 Å². The van der Waals surface area contributed by atoms with E-state index in [1.165, 1.54) is 35.7 Å². The predicted octanol–water partition coefficient (Wildman–Crippen LogP) is 2.78. The molecule has 0 saturated heterocycles. The van der Waals surface area contributed by atoms with Crippen LogP contribution in [0.15, 0.2) is 46.4 Å². The molecular formula is C20H29N3O4S2. The number of aryl methyl sites for hydroxylation is 1. The molecule has 3 N–H and O–H groups in total. The molecule has 1 aromatic heterocycles. The fourth-order valence-electron chi connectivity index (χ4n) is 2.48. The van der Waals surface area contributed by atoms with Crippen LogP contribution >= 0.6 is 11.8 Å². The molecule has 0 aliphatic heterocycles. The largest absolute Gasteiger partial charge is 0.396 e. The Kier molecular flexibility index (Phi) is 10.1. The third-order valence-corrected chi connectivity index (χ3v) is 7.64. The van der Waals surface area contributed by atoms with Crippen molar-refractivity contribution in [2.24, 2.45) is 0 Å². The first kappa shape index (κ1) is 24.9. The number of nitrogens with two attached hydrogens (primary N) is 1. The quantitative estimate of drug-likeness (QED) is 0.380. The number of thioether (sulfide) groups is 1. The fourth-order valence-corrected chi connectivity index (χ4v) is 5.13. The zero-order chi connectivity index (χ0) is 22.0. The first-order chi connectivity index (χ1) is 13.7. The van der Waals surface area contributed by atoms with Crippen molar-refractivity contribution in [1.29, 1.82) is 0 Å². The second-order valence-corrected chi connectivity index (χ2v) is 9.86. The topological polar surface area (TPSA) is 114 Å². The van der Waals surface area contributed by atoms with Gasteiger partial charge in [0, 0.05) is 45.5 Å². The Labute approximate surface area is 177 Å². The number of pyridine rings is 1. The Balaban J connectivity index is 2.98. The van der Waals surface area contributed by atoms with Gasteiger partial charge in [0.2, 0.25) is 6.41 Å². The lowest BCUT2D eigenvalue weighted by Crippen LogP contribution is -2.22. The smallest absolute Gasteiger partial charge is 0.214 e. The summed E-state index contributed by atoms with van der Waals surface area (Å²) in [5.41, 5.74) is 8.09. The average molecular weight is 440 g/mol. The van der Waals surface area contributed by atoms with E-state index in [1.54, 1.807) is 6.92 Å². The van der Waals surface area contributed by atoms with Gasteiger partial charge in [0.05, 0.1) is 12.3 Å². The number of carbonyl (C=O) groups is 1. The number of sulfone groups is 1. The van der Waals surface area contributed by atoms with Gasteiger partial charge in [0.25, 0.3) is 0 Å². The lowest BCUT2D eigenvalue weighted by Gasteiger charge is -2.22. The van der Waals surface area contributed by atoms with Gasteiger partial charge in [-0.25, -0.2) is 13.4 Å². The minimum atomic E-state index is -3.37. The number of hydrogen-bond acceptors (Lipinski definition) is 7. The van der Waals surface area contributed by atoms with Crippen LogP contribution < -0.4 is 5.73 Å². The van der Waals surface area contributed by atoms with Gasteiger partial charge in [-0.05, 0) is 32.9 Å². The molecule has 0 unspecified atom stereocenters. The van der Waals surface area contributed by atoms with Crippen LogP contribution in [0.2, 0.25) is 0 Å². The number of aliphatic hydroxyl groups excluding tert-OH is 1. The van der Waals surface area contributed by atoms with Crippen LogP contribution in [-0.4, -0.2) is 47.9 Å². The van der Waals surface area contributed by atoms with Gasteiger partial charge in [-0.1, -0.05) is 18.7 Å². The van der Waals surface area contributed by atoms with Crippen LogP contribution in [0.3, 0.4) is 0 Å². The molecule has 0 fully saturated rings. The van der Waals surface area contributed by atoms with Gasteiger partial charge in [0.1, 0.15) is 5.82 Å². The van der Waals surface area contributed by atoms with Gasteiger partial charge in [-0.15, -0.1) is 11.8 Å². The standard InChI is InChI=1S/C20H29N3O4S2/c1-5-6-16(3)29(26,27)12-11-28-19(9-10-24)17(4)23(14-25)13-18-8-7-15(2)22-20(18)21/h5-8,14,24H,1,9-13H2,2-4H3,(H2,21,22)/b16-6+,19-17-. The summed E-state index contributed by atoms with van der Waals surface area (Å²) in [5, 5.41) is 9.40. The molecule has 0 bridgehead atoms. The average Bonchev–Trinajstić information content (AvgIpc) is 2.66. The summed E-state index contributed by atoms with van der Waals surface area (Å²) in [6.45, 7) is 8.77. The van der Waals surface area contributed by atoms with Crippen LogP contribution in [0, 0.1) is 6.92 Å². The van der Waals surface area contributed by atoms with Crippen LogP contribution in [0.25, 0.3) is 0 Å². The molecule has 0 aromatic carbocycles. The van der Waals surface area contributed by atoms with Crippen LogP contribution in [-0.2, 0) is 21.2 Å². The normalized spacial score (nSPS) is 13.0. The number of aliphatic hydroxyl groups is 1. The number of amides is 1. The maximum absolute atomic E-state index is 12.2. The highest BCUT2D eigenvalue weighted by Gasteiger charge is 2.16. The Hall–Kier alpha value is -2.10. The molecule has 0 spiro atoms. The third kappa shape index (κ3) is 7.68. The summed E-state index contributed by atoms with van der Waals surface area (Å²) < 4.78 is 24.5. The maximum Gasteiger partial charge on any atom is 0.214 e. The zero-order valence-corrected chi connectivity index (χ0v) is 18.7. The number of hydrogen-bond donors (Lipinski definition) is 2. The van der Waals surface area contributed by atoms with Gasteiger partial charge in [0.15, 0.2) is 9.84 Å². The maximum atomic E-state index is 12.2. The van der Waals surface area contributed by atoms with Gasteiger partial charge >= 0.3 is 0 Å². The molecule has 1 rings (SSSR count). The van der Waals surface area contributed by atoms with Crippen molar-refractivity contribution in [1.82, 2.24) is 9.88 Å². The molecule has 0 aliphatic carbocycles. The molecule has 1 heterocycles. The number of nitrogen functional groups attached to an aromatic ring is 1. The van der Waals surface area contributed by atoms with E-state index < -0.39 is 9.84 Å². The second-order valence-electron chi connectivity index (χ2n) is 6.39. The molecule has 0 saturated carbocycles. The predicted molar refractivity (Wildman–Crippen MR) is 120 cm³/mol. The highest BCUT2D eigenvalue weighted by Crippen LogP contribution is 2.27. The first-order valence-corrected chi connectivity index (χ1v) is 11.7. The van der Waals surface area contributed by atoms with Crippen molar-refractivity contribution in [3.8, 4) is 0 Å². The van der Waals surface area contributed by atoms with E-state index in [4.69, 9.17) is 5.73 Å². The lowest BCUT2D eigenvalue weighted by molar-refractivity contribution is -0.116. The van der Waals surface area contributed by atoms with Crippen molar-refractivity contribution >= 4 is 33.8 Å². The van der Waals surface area contributed by atoms with Crippen LogP contribution in [0.1, 0.15) is 31.5 Å². The number of rotatable bonds is 12. The first-order valence-electron chi connectivity index (χ1n) is 9.05. The minimum Gasteiger partial charge on any atom is -0.396 e. The summed E-state index contributed by atoms with van der Waals surface area (Å²) in [5.74, 6) is 0.612. The zero-order valence-electron chi connectivity index (χ0n) is 17.1. The molecule has 160 valence electrons. The molecule has 0 atom stereocenters. The SMILES string of the molecule is C=C/C=C(\C)S(=O)(=O)CCS/C(CCO)=C(/C)N(C=O)Cc1ccc(C)nc1N. The molecular weight excluding hydrogens is 410 g/mol. The highest BCUT2D eigenvalue weighted by molar-refractivity contribution is 8.04. The Morgan fingerprint density at radius 2 is 2.07 bits per heavy atom. The summed E-state index contributed by atoms with van der Waals surface area (Å²) in [7, 11) is -3.37.